The van der Waals surface area contributed by atoms with E-state index in [4.69, 9.17) is 69.6 Å². The van der Waals surface area contributed by atoms with Gasteiger partial charge in [-0.05, 0) is 15.9 Å². The maximum absolute atomic E-state index is 6.15. The lowest BCUT2D eigenvalue weighted by Gasteiger charge is -2.09. The molecule has 9 heteroatoms. The highest BCUT2D eigenvalue weighted by molar-refractivity contribution is 9.10. The fraction of sp³-hybridized carbons (Fsp3) is 0.111. The molecule has 2 aromatic rings. The zero-order chi connectivity index (χ0) is 13.8. The zero-order valence-electron chi connectivity index (χ0n) is 8.54. The third-order valence-corrected chi connectivity index (χ3v) is 6.11. The van der Waals surface area contributed by atoms with Gasteiger partial charge in [-0.25, -0.2) is 0 Å². The van der Waals surface area contributed by atoms with Gasteiger partial charge in [-0.15, -0.1) is 0 Å². The average molecular weight is 432 g/mol. The van der Waals surface area contributed by atoms with Crippen molar-refractivity contribution < 1.29 is 0 Å². The lowest BCUT2D eigenvalue weighted by molar-refractivity contribution is 0.848. The molecule has 0 N–H and O–H groups in total. The van der Waals surface area contributed by atoms with Gasteiger partial charge in [0.15, 0.2) is 0 Å². The summed E-state index contributed by atoms with van der Waals surface area (Å²) in [5.74, 6) is 0.439. The Labute approximate surface area is 141 Å². The summed E-state index contributed by atoms with van der Waals surface area (Å²) in [7, 11) is 1.68. The van der Waals surface area contributed by atoms with Gasteiger partial charge in [-0.2, -0.15) is 0 Å². The molecule has 2 nitrogen and oxygen atoms in total. The van der Waals surface area contributed by atoms with Gasteiger partial charge < -0.3 is 4.57 Å². The van der Waals surface area contributed by atoms with E-state index in [9.17, 15) is 0 Å². The Morgan fingerprint density at radius 3 is 1.67 bits per heavy atom. The molecular formula is C9H3BrCl6N2. The lowest BCUT2D eigenvalue weighted by atomic mass is 10.6. The fourth-order valence-corrected chi connectivity index (χ4v) is 3.47. The molecule has 0 aliphatic rings. The van der Waals surface area contributed by atoms with Crippen LogP contribution in [0.15, 0.2) is 4.47 Å². The van der Waals surface area contributed by atoms with Crippen molar-refractivity contribution in [1.82, 2.24) is 9.13 Å². The van der Waals surface area contributed by atoms with Gasteiger partial charge in [-0.3, -0.25) is 4.57 Å². The van der Waals surface area contributed by atoms with Crippen LogP contribution in [0.4, 0.5) is 0 Å². The predicted molar refractivity (Wildman–Crippen MR) is 82.5 cm³/mol. The number of aromatic nitrogens is 2. The summed E-state index contributed by atoms with van der Waals surface area (Å²) in [6.07, 6.45) is 0. The van der Waals surface area contributed by atoms with Crippen LogP contribution in [-0.4, -0.2) is 9.13 Å². The first kappa shape index (κ1) is 15.2. The van der Waals surface area contributed by atoms with E-state index in [0.717, 1.165) is 0 Å². The first-order chi connectivity index (χ1) is 8.29. The molecule has 0 aliphatic heterocycles. The smallest absolute Gasteiger partial charge is 0.140 e. The van der Waals surface area contributed by atoms with Gasteiger partial charge in [0.1, 0.15) is 26.3 Å². The third-order valence-electron chi connectivity index (χ3n) is 2.34. The van der Waals surface area contributed by atoms with Crippen LogP contribution in [-0.2, 0) is 7.05 Å². The molecule has 0 spiro atoms. The quantitative estimate of drug-likeness (QED) is 0.488. The highest BCUT2D eigenvalue weighted by Crippen LogP contribution is 2.45. The molecule has 0 atom stereocenters. The van der Waals surface area contributed by atoms with Crippen molar-refractivity contribution in [3.8, 4) is 5.82 Å². The van der Waals surface area contributed by atoms with Gasteiger partial charge in [0, 0.05) is 7.05 Å². The highest BCUT2D eigenvalue weighted by Gasteiger charge is 2.25. The summed E-state index contributed by atoms with van der Waals surface area (Å²) in [6.45, 7) is 0. The summed E-state index contributed by atoms with van der Waals surface area (Å²) < 4.78 is 3.49. The second kappa shape index (κ2) is 5.28. The Bertz CT molecular complexity index is 537. The normalized spacial score (nSPS) is 11.3. The molecule has 2 heterocycles. The second-order valence-electron chi connectivity index (χ2n) is 3.35. The van der Waals surface area contributed by atoms with E-state index >= 15 is 0 Å². The SMILES string of the molecule is Cn1c(Cl)c(Cl)c(Cl)c1-n1c(Cl)c(Cl)c(Br)c1Cl. The van der Waals surface area contributed by atoms with Crippen molar-refractivity contribution in [3.05, 3.63) is 35.0 Å². The molecule has 0 aromatic carbocycles. The van der Waals surface area contributed by atoms with Crippen molar-refractivity contribution in [1.29, 1.82) is 0 Å². The molecule has 0 bridgehead atoms. The first-order valence-electron chi connectivity index (χ1n) is 4.39. The minimum atomic E-state index is 0.212. The second-order valence-corrected chi connectivity index (χ2v) is 6.35. The molecule has 0 saturated carbocycles. The van der Waals surface area contributed by atoms with Crippen LogP contribution in [0.5, 0.6) is 0 Å². The summed E-state index contributed by atoms with van der Waals surface area (Å²) in [6, 6.07) is 0. The number of nitrogens with zero attached hydrogens (tertiary/aromatic N) is 2. The lowest BCUT2D eigenvalue weighted by Crippen LogP contribution is -2.02. The molecule has 0 aliphatic carbocycles. The van der Waals surface area contributed by atoms with Crippen LogP contribution in [0, 0.1) is 0 Å². The third kappa shape index (κ3) is 2.08. The molecule has 2 rings (SSSR count). The van der Waals surface area contributed by atoms with Crippen LogP contribution in [0.3, 0.4) is 0 Å². The first-order valence-corrected chi connectivity index (χ1v) is 7.45. The van der Waals surface area contributed by atoms with Gasteiger partial charge >= 0.3 is 0 Å². The van der Waals surface area contributed by atoms with E-state index in [1.807, 2.05) is 0 Å². The van der Waals surface area contributed by atoms with E-state index < -0.39 is 0 Å². The van der Waals surface area contributed by atoms with Crippen molar-refractivity contribution in [2.45, 2.75) is 0 Å². The highest BCUT2D eigenvalue weighted by atomic mass is 79.9. The monoisotopic (exact) mass is 428 g/mol. The number of hydrogen-bond acceptors (Lipinski definition) is 0. The maximum Gasteiger partial charge on any atom is 0.140 e. The summed E-state index contributed by atoms with van der Waals surface area (Å²) in [5, 5.41) is 1.53. The van der Waals surface area contributed by atoms with E-state index in [1.165, 1.54) is 4.57 Å². The van der Waals surface area contributed by atoms with Crippen LogP contribution < -0.4 is 0 Å². The Morgan fingerprint density at radius 2 is 1.33 bits per heavy atom. The Balaban J connectivity index is 2.86. The Morgan fingerprint density at radius 1 is 0.778 bits per heavy atom. The van der Waals surface area contributed by atoms with E-state index in [0.29, 0.717) is 10.3 Å². The van der Waals surface area contributed by atoms with Gasteiger partial charge in [0.2, 0.25) is 0 Å². The molecule has 0 saturated heterocycles. The van der Waals surface area contributed by atoms with E-state index in [-0.39, 0.29) is 30.5 Å². The van der Waals surface area contributed by atoms with Gasteiger partial charge in [-0.1, -0.05) is 69.6 Å². The molecular weight excluding hydrogens is 429 g/mol. The van der Waals surface area contributed by atoms with Crippen LogP contribution >= 0.6 is 85.5 Å². The topological polar surface area (TPSA) is 9.86 Å². The fourth-order valence-electron chi connectivity index (χ4n) is 1.47. The minimum absolute atomic E-state index is 0.212. The summed E-state index contributed by atoms with van der Waals surface area (Å²) in [4.78, 5) is 0. The minimum Gasteiger partial charge on any atom is -0.319 e. The van der Waals surface area contributed by atoms with Crippen LogP contribution in [0.1, 0.15) is 0 Å². The summed E-state index contributed by atoms with van der Waals surface area (Å²) in [5.41, 5.74) is 0. The zero-order valence-corrected chi connectivity index (χ0v) is 14.7. The number of rotatable bonds is 1. The predicted octanol–water partition coefficient (Wildman–Crippen LogP) is 6.50. The largest absolute Gasteiger partial charge is 0.319 e. The van der Waals surface area contributed by atoms with Gasteiger partial charge in [0.05, 0.1) is 14.5 Å². The molecule has 0 fully saturated rings. The maximum atomic E-state index is 6.15. The summed E-state index contributed by atoms with van der Waals surface area (Å²) >= 11 is 39.6. The van der Waals surface area contributed by atoms with Gasteiger partial charge in [0.25, 0.3) is 0 Å². The van der Waals surface area contributed by atoms with Crippen LogP contribution in [0.25, 0.3) is 5.82 Å². The molecule has 0 radical (unpaired) electrons. The molecule has 98 valence electrons. The van der Waals surface area contributed by atoms with Crippen molar-refractivity contribution in [2.24, 2.45) is 7.05 Å². The molecule has 2 aromatic heterocycles. The van der Waals surface area contributed by atoms with Crippen molar-refractivity contribution in [3.63, 3.8) is 0 Å². The average Bonchev–Trinajstić information content (AvgIpc) is 2.64. The Kier molecular flexibility index (Phi) is 4.45. The van der Waals surface area contributed by atoms with E-state index in [2.05, 4.69) is 15.9 Å². The van der Waals surface area contributed by atoms with E-state index in [1.54, 1.807) is 11.6 Å². The number of halogens is 7. The Hall–Kier alpha value is 0.780. The molecule has 18 heavy (non-hydrogen) atoms. The van der Waals surface area contributed by atoms with Crippen molar-refractivity contribution >= 4 is 85.5 Å². The van der Waals surface area contributed by atoms with Crippen LogP contribution in [0.2, 0.25) is 30.5 Å². The molecule has 0 amide bonds. The molecule has 0 unspecified atom stereocenters. The van der Waals surface area contributed by atoms with Crippen molar-refractivity contribution in [2.75, 3.05) is 0 Å². The standard InChI is InChI=1S/C9H3BrCl6N2/c1-17-7(15)4(12)5(13)9(17)18-6(14)2(10)3(11)8(18)16/h1H3. The number of hydrogen-bond donors (Lipinski definition) is 0.